The molecule has 3 aromatic rings. The summed E-state index contributed by atoms with van der Waals surface area (Å²) in [6, 6.07) is 18.4. The summed E-state index contributed by atoms with van der Waals surface area (Å²) in [5.41, 5.74) is 3.18. The van der Waals surface area contributed by atoms with E-state index in [0.717, 1.165) is 49.2 Å². The van der Waals surface area contributed by atoms with Crippen LogP contribution >= 0.6 is 0 Å². The Labute approximate surface area is 165 Å². The lowest BCUT2D eigenvalue weighted by atomic mass is 10.1. The van der Waals surface area contributed by atoms with E-state index in [-0.39, 0.29) is 5.91 Å². The molecule has 0 bridgehead atoms. The zero-order valence-corrected chi connectivity index (χ0v) is 16.3. The standard InChI is InChI=1S/C23H27N3O2/c1-18(27)21-16-26(22-10-6-5-9-20(21)22)17-23(28)25-13-11-24(12-14-25)15-19-7-3-2-4-8-19/h2-10,16,18,27H,11-15,17H2,1H3. The fourth-order valence-corrected chi connectivity index (χ4v) is 3.98. The highest BCUT2D eigenvalue weighted by atomic mass is 16.3. The highest BCUT2D eigenvalue weighted by Crippen LogP contribution is 2.26. The number of aliphatic hydroxyl groups excluding tert-OH is 1. The second-order valence-electron chi connectivity index (χ2n) is 7.55. The minimum absolute atomic E-state index is 0.136. The van der Waals surface area contributed by atoms with Gasteiger partial charge in [0, 0.05) is 55.4 Å². The molecule has 1 N–H and O–H groups in total. The Balaban J connectivity index is 1.39. The summed E-state index contributed by atoms with van der Waals surface area (Å²) in [5.74, 6) is 0.136. The van der Waals surface area contributed by atoms with Crippen LogP contribution in [-0.2, 0) is 17.9 Å². The third-order valence-corrected chi connectivity index (χ3v) is 5.55. The van der Waals surface area contributed by atoms with E-state index in [2.05, 4.69) is 29.2 Å². The number of aromatic nitrogens is 1. The van der Waals surface area contributed by atoms with Crippen LogP contribution in [-0.4, -0.2) is 51.6 Å². The second-order valence-corrected chi connectivity index (χ2v) is 7.55. The molecule has 5 nitrogen and oxygen atoms in total. The maximum Gasteiger partial charge on any atom is 0.242 e. The number of para-hydroxylation sites is 1. The highest BCUT2D eigenvalue weighted by Gasteiger charge is 2.22. The minimum atomic E-state index is -0.553. The van der Waals surface area contributed by atoms with E-state index in [4.69, 9.17) is 0 Å². The molecule has 0 spiro atoms. The molecule has 1 aromatic heterocycles. The van der Waals surface area contributed by atoms with Crippen LogP contribution in [0.4, 0.5) is 0 Å². The number of nitrogens with zero attached hydrogens (tertiary/aromatic N) is 3. The Morgan fingerprint density at radius 1 is 1.00 bits per heavy atom. The Hall–Kier alpha value is -2.63. The van der Waals surface area contributed by atoms with Gasteiger partial charge in [0.2, 0.25) is 5.91 Å². The fourth-order valence-electron chi connectivity index (χ4n) is 3.98. The topological polar surface area (TPSA) is 48.7 Å². The number of hydrogen-bond acceptors (Lipinski definition) is 3. The van der Waals surface area contributed by atoms with Crippen molar-refractivity contribution < 1.29 is 9.90 Å². The van der Waals surface area contributed by atoms with Crippen molar-refractivity contribution >= 4 is 16.8 Å². The van der Waals surface area contributed by atoms with Gasteiger partial charge in [0.05, 0.1) is 6.10 Å². The van der Waals surface area contributed by atoms with Gasteiger partial charge in [0.1, 0.15) is 6.54 Å². The van der Waals surface area contributed by atoms with Crippen molar-refractivity contribution in [2.45, 2.75) is 26.1 Å². The quantitative estimate of drug-likeness (QED) is 0.744. The van der Waals surface area contributed by atoms with Crippen molar-refractivity contribution in [1.29, 1.82) is 0 Å². The van der Waals surface area contributed by atoms with Crippen LogP contribution in [0, 0.1) is 0 Å². The van der Waals surface area contributed by atoms with Gasteiger partial charge in [-0.1, -0.05) is 48.5 Å². The van der Waals surface area contributed by atoms with Gasteiger partial charge in [-0.3, -0.25) is 9.69 Å². The van der Waals surface area contributed by atoms with Crippen molar-refractivity contribution in [3.63, 3.8) is 0 Å². The van der Waals surface area contributed by atoms with Crippen LogP contribution in [0.5, 0.6) is 0 Å². The summed E-state index contributed by atoms with van der Waals surface area (Å²) >= 11 is 0. The number of benzene rings is 2. The van der Waals surface area contributed by atoms with Crippen molar-refractivity contribution in [1.82, 2.24) is 14.4 Å². The predicted octanol–water partition coefficient (Wildman–Crippen LogP) is 3.04. The molecule has 1 amide bonds. The first-order valence-electron chi connectivity index (χ1n) is 9.91. The molecule has 28 heavy (non-hydrogen) atoms. The molecule has 2 heterocycles. The molecule has 4 rings (SSSR count). The van der Waals surface area contributed by atoms with Crippen molar-refractivity contribution in [2.75, 3.05) is 26.2 Å². The predicted molar refractivity (Wildman–Crippen MR) is 111 cm³/mol. The SMILES string of the molecule is CC(O)c1cn(CC(=O)N2CCN(Cc3ccccc3)CC2)c2ccccc12. The third-order valence-electron chi connectivity index (χ3n) is 5.55. The average molecular weight is 377 g/mol. The summed E-state index contributed by atoms with van der Waals surface area (Å²) in [6.07, 6.45) is 1.36. The summed E-state index contributed by atoms with van der Waals surface area (Å²) in [5, 5.41) is 11.1. The lowest BCUT2D eigenvalue weighted by Crippen LogP contribution is -2.49. The van der Waals surface area contributed by atoms with E-state index in [1.165, 1.54) is 5.56 Å². The first-order chi connectivity index (χ1) is 13.6. The first-order valence-corrected chi connectivity index (χ1v) is 9.91. The number of carbonyl (C=O) groups is 1. The van der Waals surface area contributed by atoms with Gasteiger partial charge in [0.25, 0.3) is 0 Å². The molecule has 146 valence electrons. The molecule has 1 aliphatic heterocycles. The molecule has 1 atom stereocenters. The molecular formula is C23H27N3O2. The van der Waals surface area contributed by atoms with Gasteiger partial charge in [-0.05, 0) is 18.6 Å². The lowest BCUT2D eigenvalue weighted by molar-refractivity contribution is -0.133. The van der Waals surface area contributed by atoms with Gasteiger partial charge in [-0.15, -0.1) is 0 Å². The number of piperazine rings is 1. The molecule has 1 fully saturated rings. The molecule has 2 aromatic carbocycles. The van der Waals surface area contributed by atoms with Crippen molar-refractivity contribution in [2.24, 2.45) is 0 Å². The van der Waals surface area contributed by atoms with E-state index in [1.54, 1.807) is 6.92 Å². The molecule has 0 saturated carbocycles. The molecular weight excluding hydrogens is 350 g/mol. The van der Waals surface area contributed by atoms with Crippen LogP contribution in [0.25, 0.3) is 10.9 Å². The monoisotopic (exact) mass is 377 g/mol. The van der Waals surface area contributed by atoms with Crippen molar-refractivity contribution in [3.8, 4) is 0 Å². The number of carbonyl (C=O) groups excluding carboxylic acids is 1. The molecule has 1 saturated heterocycles. The van der Waals surface area contributed by atoms with Gasteiger partial charge < -0.3 is 14.6 Å². The van der Waals surface area contributed by atoms with Gasteiger partial charge in [-0.2, -0.15) is 0 Å². The van der Waals surface area contributed by atoms with Crippen LogP contribution in [0.2, 0.25) is 0 Å². The molecule has 1 aliphatic rings. The van der Waals surface area contributed by atoms with Crippen LogP contribution in [0.1, 0.15) is 24.2 Å². The van der Waals surface area contributed by atoms with Gasteiger partial charge >= 0.3 is 0 Å². The Morgan fingerprint density at radius 3 is 2.39 bits per heavy atom. The summed E-state index contributed by atoms with van der Waals surface area (Å²) in [4.78, 5) is 17.2. The maximum absolute atomic E-state index is 12.9. The summed E-state index contributed by atoms with van der Waals surface area (Å²) in [6.45, 7) is 6.31. The number of aliphatic hydroxyl groups is 1. The van der Waals surface area contributed by atoms with E-state index in [1.807, 2.05) is 46.0 Å². The Kier molecular flexibility index (Phi) is 5.46. The highest BCUT2D eigenvalue weighted by molar-refractivity contribution is 5.86. The second kappa shape index (κ2) is 8.17. The maximum atomic E-state index is 12.9. The average Bonchev–Trinajstić information content (AvgIpc) is 3.08. The van der Waals surface area contributed by atoms with Gasteiger partial charge in [0.15, 0.2) is 0 Å². The number of hydrogen-bond donors (Lipinski definition) is 1. The first kappa shape index (κ1) is 18.7. The third kappa shape index (κ3) is 3.96. The minimum Gasteiger partial charge on any atom is -0.389 e. The Morgan fingerprint density at radius 2 is 1.68 bits per heavy atom. The Bertz CT molecular complexity index is 941. The van der Waals surface area contributed by atoms with Gasteiger partial charge in [-0.25, -0.2) is 0 Å². The fraction of sp³-hybridized carbons (Fsp3) is 0.348. The molecule has 5 heteroatoms. The summed E-state index contributed by atoms with van der Waals surface area (Å²) < 4.78 is 1.97. The number of amides is 1. The lowest BCUT2D eigenvalue weighted by Gasteiger charge is -2.35. The molecule has 0 radical (unpaired) electrons. The zero-order chi connectivity index (χ0) is 19.5. The summed E-state index contributed by atoms with van der Waals surface area (Å²) in [7, 11) is 0. The van der Waals surface area contributed by atoms with Crippen LogP contribution in [0.15, 0.2) is 60.8 Å². The van der Waals surface area contributed by atoms with E-state index >= 15 is 0 Å². The number of rotatable bonds is 5. The van der Waals surface area contributed by atoms with Crippen molar-refractivity contribution in [3.05, 3.63) is 71.9 Å². The van der Waals surface area contributed by atoms with Crippen LogP contribution < -0.4 is 0 Å². The molecule has 0 aliphatic carbocycles. The zero-order valence-electron chi connectivity index (χ0n) is 16.3. The van der Waals surface area contributed by atoms with Crippen LogP contribution in [0.3, 0.4) is 0 Å². The normalized spacial score (nSPS) is 16.4. The van der Waals surface area contributed by atoms with E-state index < -0.39 is 6.10 Å². The van der Waals surface area contributed by atoms with E-state index in [0.29, 0.717) is 6.54 Å². The largest absolute Gasteiger partial charge is 0.389 e. The smallest absolute Gasteiger partial charge is 0.242 e. The van der Waals surface area contributed by atoms with E-state index in [9.17, 15) is 9.90 Å². The molecule has 1 unspecified atom stereocenters. The number of fused-ring (bicyclic) bond motifs is 1.